The fourth-order valence-electron chi connectivity index (χ4n) is 2.85. The molecule has 0 aliphatic heterocycles. The molecule has 0 heterocycles. The lowest BCUT2D eigenvalue weighted by Crippen LogP contribution is -2.44. The van der Waals surface area contributed by atoms with E-state index in [2.05, 4.69) is 16.0 Å². The molecule has 1 fully saturated rings. The minimum absolute atomic E-state index is 0.173. The van der Waals surface area contributed by atoms with Crippen LogP contribution in [0.15, 0.2) is 0 Å². The Bertz CT molecular complexity index is 599. The molecular formula is C19H31N3O7. The standard InChI is InChI=1S/C19H31N3O7/c1-12(2)11-29-17(25)10-21-15(23)8-20-16(24)9-22-18(26)13-4-6-14(7-5-13)19(27)28-3/h12-14H,4-11H2,1-3H3,(H,20,24)(H,21,23)(H,22,26). The molecule has 0 bridgehead atoms. The minimum atomic E-state index is -0.549. The summed E-state index contributed by atoms with van der Waals surface area (Å²) in [7, 11) is 1.35. The van der Waals surface area contributed by atoms with Crippen molar-refractivity contribution >= 4 is 29.7 Å². The predicted octanol–water partition coefficient (Wildman–Crippen LogP) is -0.486. The first-order valence-corrected chi connectivity index (χ1v) is 9.77. The van der Waals surface area contributed by atoms with Crippen LogP contribution < -0.4 is 16.0 Å². The quantitative estimate of drug-likeness (QED) is 0.411. The molecule has 0 saturated heterocycles. The van der Waals surface area contributed by atoms with Crippen molar-refractivity contribution in [2.45, 2.75) is 39.5 Å². The summed E-state index contributed by atoms with van der Waals surface area (Å²) in [5.74, 6) is -2.32. The molecule has 3 amide bonds. The van der Waals surface area contributed by atoms with Crippen molar-refractivity contribution in [3.05, 3.63) is 0 Å². The van der Waals surface area contributed by atoms with Gasteiger partial charge in [-0.25, -0.2) is 0 Å². The van der Waals surface area contributed by atoms with Gasteiger partial charge in [0, 0.05) is 5.92 Å². The number of amides is 3. The topological polar surface area (TPSA) is 140 Å². The van der Waals surface area contributed by atoms with Crippen molar-refractivity contribution < 1.29 is 33.4 Å². The Morgan fingerprint density at radius 1 is 0.828 bits per heavy atom. The summed E-state index contributed by atoms with van der Waals surface area (Å²) in [6.07, 6.45) is 2.28. The van der Waals surface area contributed by atoms with E-state index in [1.165, 1.54) is 7.11 Å². The van der Waals surface area contributed by atoms with Gasteiger partial charge >= 0.3 is 11.9 Å². The number of rotatable bonds is 10. The van der Waals surface area contributed by atoms with Crippen LogP contribution in [-0.4, -0.2) is 63.0 Å². The van der Waals surface area contributed by atoms with Gasteiger partial charge in [0.05, 0.1) is 32.7 Å². The van der Waals surface area contributed by atoms with Crippen LogP contribution in [0.3, 0.4) is 0 Å². The van der Waals surface area contributed by atoms with Crippen molar-refractivity contribution in [2.24, 2.45) is 17.8 Å². The van der Waals surface area contributed by atoms with Crippen LogP contribution in [0.25, 0.3) is 0 Å². The van der Waals surface area contributed by atoms with Gasteiger partial charge in [-0.05, 0) is 31.6 Å². The van der Waals surface area contributed by atoms with Gasteiger partial charge < -0.3 is 25.4 Å². The molecule has 0 aromatic heterocycles. The summed E-state index contributed by atoms with van der Waals surface area (Å²) in [5.41, 5.74) is 0. The Hall–Kier alpha value is -2.65. The molecule has 0 spiro atoms. The molecule has 1 rings (SSSR count). The highest BCUT2D eigenvalue weighted by Crippen LogP contribution is 2.29. The number of methoxy groups -OCH3 is 1. The smallest absolute Gasteiger partial charge is 0.325 e. The Labute approximate surface area is 170 Å². The van der Waals surface area contributed by atoms with E-state index < -0.39 is 17.8 Å². The van der Waals surface area contributed by atoms with Gasteiger partial charge in [0.15, 0.2) is 0 Å². The maximum absolute atomic E-state index is 12.1. The van der Waals surface area contributed by atoms with Gasteiger partial charge in [0.1, 0.15) is 6.54 Å². The average Bonchev–Trinajstić information content (AvgIpc) is 2.72. The normalized spacial score (nSPS) is 18.5. The third-order valence-corrected chi connectivity index (χ3v) is 4.51. The zero-order valence-electron chi connectivity index (χ0n) is 17.2. The van der Waals surface area contributed by atoms with Gasteiger partial charge in [-0.1, -0.05) is 13.8 Å². The van der Waals surface area contributed by atoms with Crippen LogP contribution in [0.4, 0.5) is 0 Å². The molecule has 164 valence electrons. The predicted molar refractivity (Wildman–Crippen MR) is 102 cm³/mol. The van der Waals surface area contributed by atoms with E-state index >= 15 is 0 Å². The molecule has 10 nitrogen and oxygen atoms in total. The third kappa shape index (κ3) is 9.91. The molecule has 1 aliphatic carbocycles. The lowest BCUT2D eigenvalue weighted by Gasteiger charge is -2.25. The zero-order valence-corrected chi connectivity index (χ0v) is 17.2. The highest BCUT2D eigenvalue weighted by atomic mass is 16.5. The molecule has 10 heteroatoms. The number of esters is 2. The van der Waals surface area contributed by atoms with Crippen molar-refractivity contribution in [3.63, 3.8) is 0 Å². The summed E-state index contributed by atoms with van der Waals surface area (Å²) in [6, 6.07) is 0. The van der Waals surface area contributed by atoms with E-state index in [0.717, 1.165) is 0 Å². The summed E-state index contributed by atoms with van der Waals surface area (Å²) in [5, 5.41) is 7.25. The summed E-state index contributed by atoms with van der Waals surface area (Å²) in [4.78, 5) is 58.4. The first-order valence-electron chi connectivity index (χ1n) is 9.77. The molecule has 0 aromatic rings. The number of nitrogens with one attached hydrogen (secondary N) is 3. The van der Waals surface area contributed by atoms with E-state index in [1.54, 1.807) is 0 Å². The Morgan fingerprint density at radius 2 is 1.34 bits per heavy atom. The molecule has 1 saturated carbocycles. The fraction of sp³-hybridized carbons (Fsp3) is 0.737. The van der Waals surface area contributed by atoms with Crippen LogP contribution in [-0.2, 0) is 33.4 Å². The second kappa shape index (κ2) is 12.7. The molecule has 3 N–H and O–H groups in total. The van der Waals surface area contributed by atoms with Crippen LogP contribution in [0.5, 0.6) is 0 Å². The molecule has 0 radical (unpaired) electrons. The van der Waals surface area contributed by atoms with Gasteiger partial charge in [-0.15, -0.1) is 0 Å². The molecule has 0 atom stereocenters. The molecular weight excluding hydrogens is 382 g/mol. The lowest BCUT2D eigenvalue weighted by molar-refractivity contribution is -0.147. The minimum Gasteiger partial charge on any atom is -0.469 e. The van der Waals surface area contributed by atoms with Crippen LogP contribution in [0.1, 0.15) is 39.5 Å². The zero-order chi connectivity index (χ0) is 21.8. The summed E-state index contributed by atoms with van der Waals surface area (Å²) < 4.78 is 9.63. The van der Waals surface area contributed by atoms with E-state index in [0.29, 0.717) is 25.7 Å². The summed E-state index contributed by atoms with van der Waals surface area (Å²) >= 11 is 0. The number of hydrogen-bond acceptors (Lipinski definition) is 7. The Kier molecular flexibility index (Phi) is 10.7. The second-order valence-electron chi connectivity index (χ2n) is 7.42. The highest BCUT2D eigenvalue weighted by molar-refractivity contribution is 5.89. The van der Waals surface area contributed by atoms with Gasteiger partial charge in [0.2, 0.25) is 17.7 Å². The molecule has 0 aromatic carbocycles. The van der Waals surface area contributed by atoms with Crippen LogP contribution >= 0.6 is 0 Å². The van der Waals surface area contributed by atoms with Crippen molar-refractivity contribution in [1.29, 1.82) is 0 Å². The lowest BCUT2D eigenvalue weighted by atomic mass is 9.81. The number of carbonyl (C=O) groups excluding carboxylic acids is 5. The fourth-order valence-corrected chi connectivity index (χ4v) is 2.85. The van der Waals surface area contributed by atoms with Crippen LogP contribution in [0, 0.1) is 17.8 Å². The second-order valence-corrected chi connectivity index (χ2v) is 7.42. The number of ether oxygens (including phenoxy) is 2. The van der Waals surface area contributed by atoms with Crippen molar-refractivity contribution in [2.75, 3.05) is 33.4 Å². The number of carbonyl (C=O) groups is 5. The first kappa shape index (κ1) is 24.4. The maximum Gasteiger partial charge on any atom is 0.325 e. The maximum atomic E-state index is 12.1. The van der Waals surface area contributed by atoms with Crippen LogP contribution in [0.2, 0.25) is 0 Å². The third-order valence-electron chi connectivity index (χ3n) is 4.51. The number of hydrogen-bond donors (Lipinski definition) is 3. The van der Waals surface area contributed by atoms with Crippen molar-refractivity contribution in [3.8, 4) is 0 Å². The van der Waals surface area contributed by atoms with Gasteiger partial charge in [0.25, 0.3) is 0 Å². The van der Waals surface area contributed by atoms with E-state index in [9.17, 15) is 24.0 Å². The van der Waals surface area contributed by atoms with Gasteiger partial charge in [-0.2, -0.15) is 0 Å². The Balaban J connectivity index is 2.17. The monoisotopic (exact) mass is 413 g/mol. The Morgan fingerprint density at radius 3 is 1.90 bits per heavy atom. The van der Waals surface area contributed by atoms with E-state index in [1.807, 2.05) is 13.8 Å². The van der Waals surface area contributed by atoms with E-state index in [-0.39, 0.29) is 55.9 Å². The first-order chi connectivity index (χ1) is 13.7. The largest absolute Gasteiger partial charge is 0.469 e. The van der Waals surface area contributed by atoms with Gasteiger partial charge in [-0.3, -0.25) is 24.0 Å². The van der Waals surface area contributed by atoms with E-state index in [4.69, 9.17) is 9.47 Å². The SMILES string of the molecule is COC(=O)C1CCC(C(=O)NCC(=O)NCC(=O)NCC(=O)OCC(C)C)CC1. The summed E-state index contributed by atoms with van der Waals surface area (Å²) in [6.45, 7) is 3.23. The highest BCUT2D eigenvalue weighted by Gasteiger charge is 2.30. The van der Waals surface area contributed by atoms with Crippen molar-refractivity contribution in [1.82, 2.24) is 16.0 Å². The molecule has 0 unspecified atom stereocenters. The average molecular weight is 413 g/mol. The molecule has 29 heavy (non-hydrogen) atoms. The molecule has 1 aliphatic rings.